The van der Waals surface area contributed by atoms with E-state index >= 15 is 0 Å². The maximum Gasteiger partial charge on any atom is 0.416 e. The molecule has 3 saturated heterocycles. The summed E-state index contributed by atoms with van der Waals surface area (Å²) in [4.78, 5) is 40.7. The summed E-state index contributed by atoms with van der Waals surface area (Å²) in [7, 11) is 0. The molecule has 3 aliphatic rings. The maximum absolute atomic E-state index is 12.6. The molecule has 144 valence electrons. The van der Waals surface area contributed by atoms with Crippen LogP contribution in [-0.2, 0) is 15.8 Å². The predicted molar refractivity (Wildman–Crippen MR) is 87.6 cm³/mol. The number of nitrogens with one attached hydrogen (secondary N) is 1. The smallest absolute Gasteiger partial charge is 0.347 e. The van der Waals surface area contributed by atoms with Gasteiger partial charge in [-0.05, 0) is 43.5 Å². The number of hydrogen-bond donors (Lipinski definition) is 1. The van der Waals surface area contributed by atoms with Gasteiger partial charge in [-0.1, -0.05) is 0 Å². The lowest BCUT2D eigenvalue weighted by molar-refractivity contribution is -0.156. The molecular weight excluding hydrogens is 363 g/mol. The molecule has 9 heteroatoms. The molecule has 4 rings (SSSR count). The highest BCUT2D eigenvalue weighted by Gasteiger charge is 2.51. The van der Waals surface area contributed by atoms with Gasteiger partial charge in [0.15, 0.2) is 0 Å². The summed E-state index contributed by atoms with van der Waals surface area (Å²) in [6, 6.07) is 2.59. The molecule has 6 nitrogen and oxygen atoms in total. The van der Waals surface area contributed by atoms with E-state index in [0.717, 1.165) is 30.7 Å². The van der Waals surface area contributed by atoms with Gasteiger partial charge in [-0.2, -0.15) is 13.2 Å². The van der Waals surface area contributed by atoms with E-state index in [1.54, 1.807) is 4.90 Å². The molecule has 0 radical (unpaired) electrons. The number of hydrogen-bond acceptors (Lipinski definition) is 3. The number of amides is 3. The molecule has 27 heavy (non-hydrogen) atoms. The van der Waals surface area contributed by atoms with Gasteiger partial charge in [0.1, 0.15) is 12.1 Å². The van der Waals surface area contributed by atoms with Crippen molar-refractivity contribution in [2.45, 2.75) is 43.6 Å². The molecule has 0 bridgehead atoms. The lowest BCUT2D eigenvalue weighted by Crippen LogP contribution is -2.60. The number of rotatable bonds is 2. The zero-order valence-electron chi connectivity index (χ0n) is 14.3. The van der Waals surface area contributed by atoms with Gasteiger partial charge in [-0.25, -0.2) is 0 Å². The molecule has 0 unspecified atom stereocenters. The average Bonchev–Trinajstić information content (AvgIpc) is 3.26. The van der Waals surface area contributed by atoms with Crippen LogP contribution in [0.3, 0.4) is 0 Å². The molecule has 3 amide bonds. The van der Waals surface area contributed by atoms with Crippen LogP contribution >= 0.6 is 0 Å². The fraction of sp³-hybridized carbons (Fsp3) is 0.500. The molecule has 0 aliphatic carbocycles. The Balaban J connectivity index is 1.43. The van der Waals surface area contributed by atoms with Crippen molar-refractivity contribution >= 4 is 17.7 Å². The van der Waals surface area contributed by atoms with E-state index in [4.69, 9.17) is 0 Å². The topological polar surface area (TPSA) is 69.7 Å². The number of fused-ring (bicyclic) bond motifs is 2. The molecule has 0 aromatic heterocycles. The summed E-state index contributed by atoms with van der Waals surface area (Å²) >= 11 is 0. The Bertz CT molecular complexity index is 763. The summed E-state index contributed by atoms with van der Waals surface area (Å²) in [5.74, 6) is -0.680. The van der Waals surface area contributed by atoms with E-state index in [0.29, 0.717) is 19.4 Å². The summed E-state index contributed by atoms with van der Waals surface area (Å²) in [6.07, 6.45) is -2.66. The van der Waals surface area contributed by atoms with E-state index in [-0.39, 0.29) is 23.9 Å². The standard InChI is InChI=1S/C18H18F3N3O3/c19-18(20,21)11-5-3-10(4-6-11)15(25)22-12-8-14-17(27)23-7-1-2-13(23)16(26)24(14)9-12/h3-6,12-14H,1-2,7-9H2,(H,22,25)/t12-,13-,14-/m0/s1. The quantitative estimate of drug-likeness (QED) is 0.842. The van der Waals surface area contributed by atoms with Crippen molar-refractivity contribution in [3.05, 3.63) is 35.4 Å². The fourth-order valence-electron chi connectivity index (χ4n) is 4.17. The van der Waals surface area contributed by atoms with Gasteiger partial charge in [-0.3, -0.25) is 14.4 Å². The van der Waals surface area contributed by atoms with Crippen LogP contribution in [0.15, 0.2) is 24.3 Å². The van der Waals surface area contributed by atoms with E-state index in [9.17, 15) is 27.6 Å². The first-order valence-corrected chi connectivity index (χ1v) is 8.85. The lowest BCUT2D eigenvalue weighted by atomic mass is 10.1. The van der Waals surface area contributed by atoms with E-state index in [1.807, 2.05) is 0 Å². The summed E-state index contributed by atoms with van der Waals surface area (Å²) in [6.45, 7) is 0.827. The molecule has 3 heterocycles. The zero-order chi connectivity index (χ0) is 19.3. The molecule has 0 spiro atoms. The Labute approximate surface area is 153 Å². The van der Waals surface area contributed by atoms with Crippen molar-refractivity contribution in [3.63, 3.8) is 0 Å². The number of alkyl halides is 3. The Morgan fingerprint density at radius 2 is 1.70 bits per heavy atom. The first-order chi connectivity index (χ1) is 12.8. The predicted octanol–water partition coefficient (Wildman–Crippen LogP) is 1.41. The third kappa shape index (κ3) is 3.04. The third-order valence-electron chi connectivity index (χ3n) is 5.50. The Kier molecular flexibility index (Phi) is 4.12. The highest BCUT2D eigenvalue weighted by molar-refractivity contribution is 5.98. The average molecular weight is 381 g/mol. The van der Waals surface area contributed by atoms with E-state index in [1.165, 1.54) is 4.90 Å². The minimum Gasteiger partial charge on any atom is -0.347 e. The van der Waals surface area contributed by atoms with Crippen molar-refractivity contribution in [2.24, 2.45) is 0 Å². The summed E-state index contributed by atoms with van der Waals surface area (Å²) in [5, 5.41) is 2.73. The zero-order valence-corrected chi connectivity index (χ0v) is 14.3. The molecule has 1 aromatic carbocycles. The molecule has 1 aromatic rings. The summed E-state index contributed by atoms with van der Waals surface area (Å²) in [5.41, 5.74) is -0.722. The Morgan fingerprint density at radius 1 is 1.04 bits per heavy atom. The normalized spacial score (nSPS) is 27.6. The van der Waals surface area contributed by atoms with Crippen molar-refractivity contribution in [1.82, 2.24) is 15.1 Å². The van der Waals surface area contributed by atoms with Gasteiger partial charge >= 0.3 is 6.18 Å². The molecule has 3 fully saturated rings. The van der Waals surface area contributed by atoms with Crippen LogP contribution in [0, 0.1) is 0 Å². The van der Waals surface area contributed by atoms with Crippen LogP contribution in [0.5, 0.6) is 0 Å². The molecule has 0 saturated carbocycles. The van der Waals surface area contributed by atoms with Gasteiger partial charge in [0.05, 0.1) is 5.56 Å². The number of carbonyl (C=O) groups excluding carboxylic acids is 3. The first-order valence-electron chi connectivity index (χ1n) is 8.85. The molecule has 3 aliphatic heterocycles. The second-order valence-electron chi connectivity index (χ2n) is 7.18. The highest BCUT2D eigenvalue weighted by atomic mass is 19.4. The van der Waals surface area contributed by atoms with Gasteiger partial charge in [-0.15, -0.1) is 0 Å². The largest absolute Gasteiger partial charge is 0.416 e. The second kappa shape index (κ2) is 6.24. The van der Waals surface area contributed by atoms with Crippen molar-refractivity contribution in [2.75, 3.05) is 13.1 Å². The number of nitrogens with zero attached hydrogens (tertiary/aromatic N) is 2. The Morgan fingerprint density at radius 3 is 2.37 bits per heavy atom. The van der Waals surface area contributed by atoms with Crippen molar-refractivity contribution in [3.8, 4) is 0 Å². The molecule has 3 atom stereocenters. The SMILES string of the molecule is O=C(N[C@H]1C[C@H]2C(=O)N3CCC[C@H]3C(=O)N2C1)c1ccc(C(F)(F)F)cc1. The second-order valence-corrected chi connectivity index (χ2v) is 7.18. The van der Waals surface area contributed by atoms with Gasteiger partial charge in [0.25, 0.3) is 5.91 Å². The molecule has 1 N–H and O–H groups in total. The monoisotopic (exact) mass is 381 g/mol. The number of piperazine rings is 1. The maximum atomic E-state index is 12.6. The van der Waals surface area contributed by atoms with Crippen molar-refractivity contribution < 1.29 is 27.6 Å². The highest BCUT2D eigenvalue weighted by Crippen LogP contribution is 2.32. The van der Waals surface area contributed by atoms with Gasteiger partial charge < -0.3 is 15.1 Å². The minimum absolute atomic E-state index is 0.0802. The molecular formula is C18H18F3N3O3. The third-order valence-corrected chi connectivity index (χ3v) is 5.50. The summed E-state index contributed by atoms with van der Waals surface area (Å²) < 4.78 is 37.8. The van der Waals surface area contributed by atoms with Crippen LogP contribution in [0.25, 0.3) is 0 Å². The first kappa shape index (κ1) is 17.8. The minimum atomic E-state index is -4.46. The van der Waals surface area contributed by atoms with Crippen molar-refractivity contribution in [1.29, 1.82) is 0 Å². The Hall–Kier alpha value is -2.58. The van der Waals surface area contributed by atoms with Gasteiger partial charge in [0.2, 0.25) is 11.8 Å². The van der Waals surface area contributed by atoms with Crippen LogP contribution in [0.2, 0.25) is 0 Å². The number of halogens is 3. The van der Waals surface area contributed by atoms with Crippen LogP contribution < -0.4 is 5.32 Å². The lowest BCUT2D eigenvalue weighted by Gasteiger charge is -2.38. The number of benzene rings is 1. The van der Waals surface area contributed by atoms with E-state index < -0.39 is 35.8 Å². The van der Waals surface area contributed by atoms with E-state index in [2.05, 4.69) is 5.32 Å². The van der Waals surface area contributed by atoms with Crippen LogP contribution in [0.1, 0.15) is 35.2 Å². The number of carbonyl (C=O) groups is 3. The fourth-order valence-corrected chi connectivity index (χ4v) is 4.17. The van der Waals surface area contributed by atoms with Gasteiger partial charge in [0, 0.05) is 24.7 Å². The van der Waals surface area contributed by atoms with Crippen LogP contribution in [-0.4, -0.2) is 58.7 Å². The van der Waals surface area contributed by atoms with Crippen LogP contribution in [0.4, 0.5) is 13.2 Å².